The number of aromatic nitrogens is 3. The van der Waals surface area contributed by atoms with Gasteiger partial charge in [-0.1, -0.05) is 11.6 Å². The second-order valence-corrected chi connectivity index (χ2v) is 2.97. The molecule has 0 spiro atoms. The molecule has 13 heavy (non-hydrogen) atoms. The van der Waals surface area contributed by atoms with E-state index in [1.807, 2.05) is 6.07 Å². The Morgan fingerprint density at radius 2 is 2.31 bits per heavy atom. The Labute approximate surface area is 79.4 Å². The number of imidazole rings is 1. The van der Waals surface area contributed by atoms with Gasteiger partial charge in [-0.05, 0) is 19.1 Å². The van der Waals surface area contributed by atoms with Gasteiger partial charge in [0.15, 0.2) is 11.3 Å². The molecule has 0 aliphatic carbocycles. The number of hydrogen-bond acceptors (Lipinski definition) is 3. The first-order valence-corrected chi connectivity index (χ1v) is 4.02. The summed E-state index contributed by atoms with van der Waals surface area (Å²) in [5.41, 5.74) is 1.73. The number of halogens is 1. The van der Waals surface area contributed by atoms with Gasteiger partial charge in [-0.2, -0.15) is 10.4 Å². The van der Waals surface area contributed by atoms with Crippen LogP contribution in [0.15, 0.2) is 12.1 Å². The maximum absolute atomic E-state index is 8.80. The molecule has 0 unspecified atom stereocenters. The molecule has 5 heteroatoms. The normalized spacial score (nSPS) is 10.2. The van der Waals surface area contributed by atoms with Gasteiger partial charge < -0.3 is 0 Å². The molecule has 0 radical (unpaired) electrons. The molecule has 0 amide bonds. The maximum atomic E-state index is 8.80. The minimum Gasteiger partial charge on any atom is -0.231 e. The first-order chi connectivity index (χ1) is 6.22. The van der Waals surface area contributed by atoms with Gasteiger partial charge in [0, 0.05) is 0 Å². The van der Waals surface area contributed by atoms with Gasteiger partial charge in [0.1, 0.15) is 11.2 Å². The summed E-state index contributed by atoms with van der Waals surface area (Å²) in [4.78, 5) is 4.14. The second-order valence-electron chi connectivity index (χ2n) is 2.58. The number of aryl methyl sites for hydroxylation is 1. The molecular formula is C8H5ClN4. The summed E-state index contributed by atoms with van der Waals surface area (Å²) in [5, 5.41) is 13.1. The van der Waals surface area contributed by atoms with E-state index in [1.54, 1.807) is 19.1 Å². The third-order valence-corrected chi connectivity index (χ3v) is 1.93. The number of nitriles is 1. The molecule has 2 aromatic rings. The lowest BCUT2D eigenvalue weighted by Gasteiger charge is -1.92. The van der Waals surface area contributed by atoms with Crippen molar-refractivity contribution in [1.29, 1.82) is 5.26 Å². The van der Waals surface area contributed by atoms with Crippen molar-refractivity contribution in [2.24, 2.45) is 0 Å². The van der Waals surface area contributed by atoms with Gasteiger partial charge in [0.25, 0.3) is 0 Å². The molecule has 64 valence electrons. The van der Waals surface area contributed by atoms with E-state index >= 15 is 0 Å². The van der Waals surface area contributed by atoms with Crippen LogP contribution in [0, 0.1) is 18.3 Å². The van der Waals surface area contributed by atoms with Crippen molar-refractivity contribution in [3.05, 3.63) is 28.7 Å². The monoisotopic (exact) mass is 192 g/mol. The summed E-state index contributed by atoms with van der Waals surface area (Å²) in [6.07, 6.45) is 0. The Bertz CT molecular complexity index is 509. The minimum absolute atomic E-state index is 0.349. The number of nitrogens with zero attached hydrogens (tertiary/aromatic N) is 4. The Morgan fingerprint density at radius 3 is 3.00 bits per heavy atom. The highest BCUT2D eigenvalue weighted by Crippen LogP contribution is 2.11. The van der Waals surface area contributed by atoms with Crippen molar-refractivity contribution in [2.45, 2.75) is 6.92 Å². The number of rotatable bonds is 0. The first kappa shape index (κ1) is 8.02. The fourth-order valence-electron chi connectivity index (χ4n) is 1.15. The van der Waals surface area contributed by atoms with Crippen LogP contribution in [0.2, 0.25) is 5.15 Å². The van der Waals surface area contributed by atoms with Crippen LogP contribution in [0.1, 0.15) is 11.4 Å². The smallest absolute Gasteiger partial charge is 0.165 e. The molecule has 0 aromatic carbocycles. The van der Waals surface area contributed by atoms with Crippen molar-refractivity contribution in [2.75, 3.05) is 0 Å². The van der Waals surface area contributed by atoms with Crippen LogP contribution < -0.4 is 0 Å². The fourth-order valence-corrected chi connectivity index (χ4v) is 1.29. The lowest BCUT2D eigenvalue weighted by Crippen LogP contribution is -1.94. The average Bonchev–Trinajstić information content (AvgIpc) is 2.40. The average molecular weight is 193 g/mol. The topological polar surface area (TPSA) is 54.0 Å². The van der Waals surface area contributed by atoms with Gasteiger partial charge in [0.2, 0.25) is 0 Å². The zero-order valence-electron chi connectivity index (χ0n) is 6.82. The van der Waals surface area contributed by atoms with Crippen molar-refractivity contribution in [3.8, 4) is 6.07 Å². The molecule has 2 rings (SSSR count). The van der Waals surface area contributed by atoms with Crippen molar-refractivity contribution >= 4 is 17.2 Å². The molecule has 0 aliphatic rings. The van der Waals surface area contributed by atoms with Crippen LogP contribution in [0.25, 0.3) is 5.65 Å². The molecule has 0 N–H and O–H groups in total. The predicted molar refractivity (Wildman–Crippen MR) is 47.4 cm³/mol. The molecule has 2 heterocycles. The minimum atomic E-state index is 0.349. The standard InChI is InChI=1S/C8H5ClN4/c1-5-6(4-10)13-8(11-5)3-2-7(9)12-13/h2-3H,1H3. The Morgan fingerprint density at radius 1 is 1.54 bits per heavy atom. The first-order valence-electron chi connectivity index (χ1n) is 3.64. The zero-order valence-corrected chi connectivity index (χ0v) is 7.58. The molecule has 4 nitrogen and oxygen atoms in total. The lowest BCUT2D eigenvalue weighted by atomic mass is 10.4. The highest BCUT2D eigenvalue weighted by Gasteiger charge is 2.08. The van der Waals surface area contributed by atoms with Crippen molar-refractivity contribution in [3.63, 3.8) is 0 Å². The summed E-state index contributed by atoms with van der Waals surface area (Å²) in [6.45, 7) is 1.77. The SMILES string of the molecule is Cc1nc2ccc(Cl)nn2c1C#N. The molecule has 0 fully saturated rings. The van der Waals surface area contributed by atoms with Gasteiger partial charge in [-0.3, -0.25) is 0 Å². The van der Waals surface area contributed by atoms with E-state index in [-0.39, 0.29) is 0 Å². The van der Waals surface area contributed by atoms with E-state index < -0.39 is 0 Å². The van der Waals surface area contributed by atoms with Gasteiger partial charge in [-0.25, -0.2) is 9.50 Å². The number of fused-ring (bicyclic) bond motifs is 1. The maximum Gasteiger partial charge on any atom is 0.165 e. The highest BCUT2D eigenvalue weighted by atomic mass is 35.5. The van der Waals surface area contributed by atoms with Gasteiger partial charge in [0.05, 0.1) is 5.69 Å². The molecule has 0 aliphatic heterocycles. The van der Waals surface area contributed by atoms with Crippen LogP contribution in [0.5, 0.6) is 0 Å². The number of hydrogen-bond donors (Lipinski definition) is 0. The van der Waals surface area contributed by atoms with E-state index in [2.05, 4.69) is 10.1 Å². The van der Waals surface area contributed by atoms with Crippen LogP contribution in [-0.4, -0.2) is 14.6 Å². The summed E-state index contributed by atoms with van der Waals surface area (Å²) in [7, 11) is 0. The second kappa shape index (κ2) is 2.71. The van der Waals surface area contributed by atoms with E-state index in [0.717, 1.165) is 0 Å². The third kappa shape index (κ3) is 1.14. The Balaban J connectivity index is 2.91. The quantitative estimate of drug-likeness (QED) is 0.637. The van der Waals surface area contributed by atoms with Crippen molar-refractivity contribution in [1.82, 2.24) is 14.6 Å². The molecular weight excluding hydrogens is 188 g/mol. The Kier molecular flexibility index (Phi) is 1.67. The summed E-state index contributed by atoms with van der Waals surface area (Å²) >= 11 is 5.69. The van der Waals surface area contributed by atoms with Crippen LogP contribution in [0.3, 0.4) is 0 Å². The molecule has 0 saturated carbocycles. The van der Waals surface area contributed by atoms with E-state index in [4.69, 9.17) is 16.9 Å². The van der Waals surface area contributed by atoms with Crippen LogP contribution in [-0.2, 0) is 0 Å². The van der Waals surface area contributed by atoms with E-state index in [9.17, 15) is 0 Å². The summed E-state index contributed by atoms with van der Waals surface area (Å²) < 4.78 is 1.44. The molecule has 0 atom stereocenters. The molecule has 0 saturated heterocycles. The van der Waals surface area contributed by atoms with Crippen LogP contribution in [0.4, 0.5) is 0 Å². The molecule has 2 aromatic heterocycles. The largest absolute Gasteiger partial charge is 0.231 e. The van der Waals surface area contributed by atoms with Gasteiger partial charge in [-0.15, -0.1) is 0 Å². The zero-order chi connectivity index (χ0) is 9.42. The highest BCUT2D eigenvalue weighted by molar-refractivity contribution is 6.29. The van der Waals surface area contributed by atoms with E-state index in [1.165, 1.54) is 4.52 Å². The summed E-state index contributed by atoms with van der Waals surface area (Å²) in [5.74, 6) is 0. The Hall–Kier alpha value is -1.60. The van der Waals surface area contributed by atoms with Crippen LogP contribution >= 0.6 is 11.6 Å². The fraction of sp³-hybridized carbons (Fsp3) is 0.125. The molecule has 0 bridgehead atoms. The van der Waals surface area contributed by atoms with Gasteiger partial charge >= 0.3 is 0 Å². The van der Waals surface area contributed by atoms with E-state index in [0.29, 0.717) is 22.2 Å². The lowest BCUT2D eigenvalue weighted by molar-refractivity contribution is 0.919. The van der Waals surface area contributed by atoms with Crippen molar-refractivity contribution < 1.29 is 0 Å². The third-order valence-electron chi connectivity index (χ3n) is 1.73. The summed E-state index contributed by atoms with van der Waals surface area (Å²) in [6, 6.07) is 5.39. The predicted octanol–water partition coefficient (Wildman–Crippen LogP) is 1.56.